The van der Waals surface area contributed by atoms with Crippen LogP contribution < -0.4 is 10.1 Å². The van der Waals surface area contributed by atoms with E-state index in [1.165, 1.54) is 0 Å². The van der Waals surface area contributed by atoms with Gasteiger partial charge in [0.1, 0.15) is 12.4 Å². The van der Waals surface area contributed by atoms with E-state index in [1.54, 1.807) is 0 Å². The molecule has 6 nitrogen and oxygen atoms in total. The summed E-state index contributed by atoms with van der Waals surface area (Å²) in [5, 5.41) is 3.12. The van der Waals surface area contributed by atoms with E-state index in [0.717, 1.165) is 43.7 Å². The van der Waals surface area contributed by atoms with Gasteiger partial charge in [0.05, 0.1) is 6.54 Å². The van der Waals surface area contributed by atoms with Crippen LogP contribution in [0.1, 0.15) is 45.1 Å². The molecule has 4 rings (SSSR count). The highest BCUT2D eigenvalue weighted by molar-refractivity contribution is 5.79. The molecule has 1 aliphatic carbocycles. The summed E-state index contributed by atoms with van der Waals surface area (Å²) in [5.41, 5.74) is 1.11. The van der Waals surface area contributed by atoms with Gasteiger partial charge in [0.25, 0.3) is 0 Å². The van der Waals surface area contributed by atoms with Crippen LogP contribution in [-0.2, 0) is 16.1 Å². The molecule has 2 aliphatic heterocycles. The molecule has 3 aliphatic rings. The van der Waals surface area contributed by atoms with Crippen molar-refractivity contribution >= 4 is 11.8 Å². The van der Waals surface area contributed by atoms with Crippen molar-refractivity contribution < 1.29 is 14.3 Å². The molecule has 1 saturated heterocycles. The molecular weight excluding hydrogens is 402 g/mol. The van der Waals surface area contributed by atoms with Crippen molar-refractivity contribution in [3.8, 4) is 5.75 Å². The van der Waals surface area contributed by atoms with E-state index in [0.29, 0.717) is 44.6 Å². The third-order valence-electron chi connectivity index (χ3n) is 6.62. The second-order valence-corrected chi connectivity index (χ2v) is 10.0. The van der Waals surface area contributed by atoms with Crippen LogP contribution in [0.3, 0.4) is 0 Å². The van der Waals surface area contributed by atoms with Crippen LogP contribution in [0.15, 0.2) is 36.4 Å². The highest BCUT2D eigenvalue weighted by Gasteiger charge is 2.33. The van der Waals surface area contributed by atoms with E-state index >= 15 is 0 Å². The van der Waals surface area contributed by atoms with Gasteiger partial charge in [-0.15, -0.1) is 0 Å². The van der Waals surface area contributed by atoms with E-state index < -0.39 is 0 Å². The fraction of sp³-hybridized carbons (Fsp3) is 0.615. The molecule has 1 aromatic rings. The molecule has 2 atom stereocenters. The molecule has 1 aromatic carbocycles. The molecule has 32 heavy (non-hydrogen) atoms. The smallest absolute Gasteiger partial charge is 0.236 e. The Kier molecular flexibility index (Phi) is 7.51. The first-order valence-electron chi connectivity index (χ1n) is 12.1. The quantitative estimate of drug-likeness (QED) is 0.716. The minimum absolute atomic E-state index is 0.155. The zero-order chi connectivity index (χ0) is 22.5. The molecule has 0 aromatic heterocycles. The zero-order valence-electron chi connectivity index (χ0n) is 19.5. The first-order valence-corrected chi connectivity index (χ1v) is 12.1. The van der Waals surface area contributed by atoms with Crippen LogP contribution in [0.5, 0.6) is 5.75 Å². The van der Waals surface area contributed by atoms with Crippen LogP contribution in [-0.4, -0.2) is 60.4 Å². The van der Waals surface area contributed by atoms with Crippen molar-refractivity contribution in [2.45, 2.75) is 52.1 Å². The molecule has 174 valence electrons. The molecule has 2 fully saturated rings. The monoisotopic (exact) mass is 439 g/mol. The van der Waals surface area contributed by atoms with Gasteiger partial charge < -0.3 is 15.0 Å². The maximum Gasteiger partial charge on any atom is 0.236 e. The van der Waals surface area contributed by atoms with E-state index in [-0.39, 0.29) is 23.7 Å². The number of rotatable bonds is 5. The second kappa shape index (κ2) is 10.5. The highest BCUT2D eigenvalue weighted by Crippen LogP contribution is 2.29. The average molecular weight is 440 g/mol. The van der Waals surface area contributed by atoms with Gasteiger partial charge in [-0.05, 0) is 43.1 Å². The molecule has 0 radical (unpaired) electrons. The summed E-state index contributed by atoms with van der Waals surface area (Å²) in [4.78, 5) is 30.0. The molecule has 2 bridgehead atoms. The molecule has 0 unspecified atom stereocenters. The molecule has 1 N–H and O–H groups in total. The lowest BCUT2D eigenvalue weighted by Crippen LogP contribution is -2.48. The van der Waals surface area contributed by atoms with E-state index in [2.05, 4.69) is 42.3 Å². The zero-order valence-corrected chi connectivity index (χ0v) is 19.5. The first kappa shape index (κ1) is 22.8. The molecule has 2 amide bonds. The number of carbonyl (C=O) groups excluding carboxylic acids is 2. The number of para-hydroxylation sites is 1. The largest absolute Gasteiger partial charge is 0.489 e. The number of ether oxygens (including phenoxy) is 1. The number of benzene rings is 1. The summed E-state index contributed by atoms with van der Waals surface area (Å²) < 4.78 is 6.10. The Bertz CT molecular complexity index is 833. The summed E-state index contributed by atoms with van der Waals surface area (Å²) in [6.07, 6.45) is 7.84. The predicted octanol–water partition coefficient (Wildman–Crippen LogP) is 3.23. The van der Waals surface area contributed by atoms with Crippen molar-refractivity contribution in [1.29, 1.82) is 0 Å². The van der Waals surface area contributed by atoms with E-state index in [9.17, 15) is 9.59 Å². The van der Waals surface area contributed by atoms with Gasteiger partial charge in [-0.25, -0.2) is 0 Å². The van der Waals surface area contributed by atoms with Crippen LogP contribution in [0.2, 0.25) is 0 Å². The summed E-state index contributed by atoms with van der Waals surface area (Å²) in [6, 6.07) is 8.50. The van der Waals surface area contributed by atoms with Gasteiger partial charge in [-0.2, -0.15) is 0 Å². The minimum Gasteiger partial charge on any atom is -0.489 e. The number of fused-ring (bicyclic) bond motifs is 3. The Morgan fingerprint density at radius 2 is 2.00 bits per heavy atom. The summed E-state index contributed by atoms with van der Waals surface area (Å²) in [6.45, 7) is 8.25. The Hall–Kier alpha value is -2.34. The lowest BCUT2D eigenvalue weighted by molar-refractivity contribution is -0.135. The predicted molar refractivity (Wildman–Crippen MR) is 125 cm³/mol. The van der Waals surface area contributed by atoms with Gasteiger partial charge in [0.15, 0.2) is 0 Å². The van der Waals surface area contributed by atoms with E-state index in [1.807, 2.05) is 23.1 Å². The highest BCUT2D eigenvalue weighted by atomic mass is 16.5. The Labute approximate surface area is 192 Å². The van der Waals surface area contributed by atoms with Crippen LogP contribution >= 0.6 is 0 Å². The average Bonchev–Trinajstić information content (AvgIpc) is 3.55. The number of hydrogen-bond acceptors (Lipinski definition) is 4. The third-order valence-corrected chi connectivity index (χ3v) is 6.62. The SMILES string of the molecule is CC(C)CN1CC(=O)N2CC[C@@H](CC(=O)NC3CC3)[C@@H](/C=C\COc3ccccc3C1)C2. The molecule has 1 saturated carbocycles. The van der Waals surface area contributed by atoms with Crippen LogP contribution in [0.25, 0.3) is 0 Å². The maximum atomic E-state index is 13.3. The number of piperidine rings is 1. The Morgan fingerprint density at radius 3 is 2.78 bits per heavy atom. The third kappa shape index (κ3) is 6.35. The topological polar surface area (TPSA) is 61.9 Å². The van der Waals surface area contributed by atoms with Crippen LogP contribution in [0.4, 0.5) is 0 Å². The van der Waals surface area contributed by atoms with Gasteiger partial charge >= 0.3 is 0 Å². The fourth-order valence-electron chi connectivity index (χ4n) is 4.86. The van der Waals surface area contributed by atoms with Crippen molar-refractivity contribution in [3.63, 3.8) is 0 Å². The van der Waals surface area contributed by atoms with Crippen molar-refractivity contribution in [2.24, 2.45) is 17.8 Å². The van der Waals surface area contributed by atoms with E-state index in [4.69, 9.17) is 4.74 Å². The molecule has 2 heterocycles. The standard InChI is InChI=1S/C26H37N3O3/c1-19(2)15-28-16-22-6-3-4-8-24(22)32-13-5-7-21-17-29(26(31)18-28)12-11-20(21)14-25(30)27-23-9-10-23/h3-8,19-21,23H,9-18H2,1-2H3,(H,27,30)/b7-5-/t20-,21-/m0/s1. The minimum atomic E-state index is 0.155. The maximum absolute atomic E-state index is 13.3. The number of hydrogen-bond donors (Lipinski definition) is 1. The molecular formula is C26H37N3O3. The van der Waals surface area contributed by atoms with Crippen molar-refractivity contribution in [2.75, 3.05) is 32.8 Å². The number of nitrogens with zero attached hydrogens (tertiary/aromatic N) is 2. The number of nitrogens with one attached hydrogen (secondary N) is 1. The summed E-state index contributed by atoms with van der Waals surface area (Å²) >= 11 is 0. The van der Waals surface area contributed by atoms with Gasteiger partial charge in [-0.3, -0.25) is 14.5 Å². The lowest BCUT2D eigenvalue weighted by Gasteiger charge is -2.38. The molecule has 0 spiro atoms. The Balaban J connectivity index is 1.51. The van der Waals surface area contributed by atoms with Gasteiger partial charge in [-0.1, -0.05) is 44.2 Å². The van der Waals surface area contributed by atoms with Crippen molar-refractivity contribution in [3.05, 3.63) is 42.0 Å². The number of amides is 2. The van der Waals surface area contributed by atoms with Crippen LogP contribution in [0, 0.1) is 17.8 Å². The molecule has 6 heteroatoms. The second-order valence-electron chi connectivity index (χ2n) is 10.0. The first-order chi connectivity index (χ1) is 15.5. The van der Waals surface area contributed by atoms with Gasteiger partial charge in [0.2, 0.25) is 11.8 Å². The lowest BCUT2D eigenvalue weighted by atomic mass is 9.82. The normalized spacial score (nSPS) is 25.7. The van der Waals surface area contributed by atoms with Gasteiger partial charge in [0, 0.05) is 44.2 Å². The summed E-state index contributed by atoms with van der Waals surface area (Å²) in [7, 11) is 0. The Morgan fingerprint density at radius 1 is 1.19 bits per heavy atom. The number of carbonyl (C=O) groups is 2. The van der Waals surface area contributed by atoms with Crippen molar-refractivity contribution in [1.82, 2.24) is 15.1 Å². The fourth-order valence-corrected chi connectivity index (χ4v) is 4.86. The summed E-state index contributed by atoms with van der Waals surface area (Å²) in [5.74, 6) is 2.12.